The van der Waals surface area contributed by atoms with Crippen molar-refractivity contribution in [3.05, 3.63) is 33.2 Å². The Balaban J connectivity index is 1.93. The highest BCUT2D eigenvalue weighted by atomic mass is 32.2. The second kappa shape index (κ2) is 6.84. The van der Waals surface area contributed by atoms with E-state index in [4.69, 9.17) is 0 Å². The van der Waals surface area contributed by atoms with Gasteiger partial charge in [0.15, 0.2) is 0 Å². The van der Waals surface area contributed by atoms with Gasteiger partial charge in [-0.05, 0) is 38.3 Å². The Kier molecular flexibility index (Phi) is 5.26. The van der Waals surface area contributed by atoms with Gasteiger partial charge in [-0.2, -0.15) is 0 Å². The molecule has 23 heavy (non-hydrogen) atoms. The second-order valence-electron chi connectivity index (χ2n) is 6.10. The first-order valence-corrected chi connectivity index (χ1v) is 9.45. The molecule has 2 heterocycles. The number of sulfonamides is 1. The lowest BCUT2D eigenvalue weighted by Crippen LogP contribution is -2.42. The van der Waals surface area contributed by atoms with E-state index < -0.39 is 10.0 Å². The Morgan fingerprint density at radius 3 is 2.48 bits per heavy atom. The van der Waals surface area contributed by atoms with Crippen molar-refractivity contribution < 1.29 is 13.2 Å². The number of carbonyl (C=O) groups is 1. The number of H-pyrrole nitrogens is 1. The monoisotopic (exact) mass is 341 g/mol. The summed E-state index contributed by atoms with van der Waals surface area (Å²) in [7, 11) is -3.19. The van der Waals surface area contributed by atoms with Gasteiger partial charge in [-0.1, -0.05) is 0 Å². The van der Waals surface area contributed by atoms with Gasteiger partial charge in [-0.15, -0.1) is 0 Å². The number of carbonyl (C=O) groups excluding carboxylic acids is 1. The summed E-state index contributed by atoms with van der Waals surface area (Å²) in [5, 5.41) is 2.80. The summed E-state index contributed by atoms with van der Waals surface area (Å²) < 4.78 is 24.3. The number of nitrogens with zero attached hydrogens (tertiary/aromatic N) is 1. The minimum Gasteiger partial charge on any atom is -0.352 e. The van der Waals surface area contributed by atoms with Gasteiger partial charge in [-0.25, -0.2) is 12.7 Å². The van der Waals surface area contributed by atoms with Gasteiger partial charge in [0.25, 0.3) is 5.56 Å². The maximum Gasteiger partial charge on any atom is 0.253 e. The van der Waals surface area contributed by atoms with Gasteiger partial charge in [0.2, 0.25) is 15.9 Å². The average Bonchev–Trinajstić information content (AvgIpc) is 2.45. The molecule has 1 aromatic heterocycles. The van der Waals surface area contributed by atoms with Crippen LogP contribution in [0.3, 0.4) is 0 Å². The Morgan fingerprint density at radius 1 is 1.35 bits per heavy atom. The summed E-state index contributed by atoms with van der Waals surface area (Å²) in [5.74, 6) is -0.338. The van der Waals surface area contributed by atoms with Crippen LogP contribution in [-0.2, 0) is 21.4 Å². The molecule has 1 fully saturated rings. The number of aromatic amines is 1. The minimum absolute atomic E-state index is 0.127. The predicted molar refractivity (Wildman–Crippen MR) is 87.5 cm³/mol. The highest BCUT2D eigenvalue weighted by Crippen LogP contribution is 2.19. The topological polar surface area (TPSA) is 99.3 Å². The fourth-order valence-corrected chi connectivity index (χ4v) is 3.74. The zero-order valence-electron chi connectivity index (χ0n) is 13.7. The molecule has 2 N–H and O–H groups in total. The summed E-state index contributed by atoms with van der Waals surface area (Å²) in [4.78, 5) is 26.9. The molecule has 1 aliphatic heterocycles. The van der Waals surface area contributed by atoms with Crippen LogP contribution in [0.4, 0.5) is 0 Å². The first-order chi connectivity index (χ1) is 10.7. The van der Waals surface area contributed by atoms with E-state index in [0.717, 1.165) is 11.3 Å². The van der Waals surface area contributed by atoms with Crippen molar-refractivity contribution in [2.24, 2.45) is 5.92 Å². The molecule has 7 nitrogen and oxygen atoms in total. The van der Waals surface area contributed by atoms with E-state index in [-0.39, 0.29) is 23.9 Å². The third kappa shape index (κ3) is 4.42. The van der Waals surface area contributed by atoms with Crippen LogP contribution in [0.15, 0.2) is 10.9 Å². The normalized spacial score (nSPS) is 17.2. The Labute approximate surface area is 136 Å². The van der Waals surface area contributed by atoms with Crippen molar-refractivity contribution in [3.63, 3.8) is 0 Å². The van der Waals surface area contributed by atoms with E-state index >= 15 is 0 Å². The number of aromatic nitrogens is 1. The van der Waals surface area contributed by atoms with Crippen molar-refractivity contribution in [1.29, 1.82) is 0 Å². The quantitative estimate of drug-likeness (QED) is 0.821. The van der Waals surface area contributed by atoms with Gasteiger partial charge in [0.05, 0.1) is 6.26 Å². The van der Waals surface area contributed by atoms with Gasteiger partial charge < -0.3 is 10.3 Å². The molecule has 0 bridgehead atoms. The smallest absolute Gasteiger partial charge is 0.253 e. The third-order valence-electron chi connectivity index (χ3n) is 4.23. The molecular formula is C15H23N3O4S. The zero-order valence-corrected chi connectivity index (χ0v) is 14.5. The lowest BCUT2D eigenvalue weighted by Gasteiger charge is -2.29. The van der Waals surface area contributed by atoms with E-state index in [0.29, 0.717) is 31.5 Å². The third-order valence-corrected chi connectivity index (χ3v) is 5.53. The first kappa shape index (κ1) is 17.7. The Morgan fingerprint density at radius 2 is 1.96 bits per heavy atom. The van der Waals surface area contributed by atoms with Crippen molar-refractivity contribution in [1.82, 2.24) is 14.6 Å². The number of aryl methyl sites for hydroxylation is 2. The Bertz CT molecular complexity index is 746. The van der Waals surface area contributed by atoms with Crippen LogP contribution in [0.25, 0.3) is 0 Å². The maximum atomic E-state index is 12.2. The second-order valence-corrected chi connectivity index (χ2v) is 8.08. The fraction of sp³-hybridized carbons (Fsp3) is 0.600. The molecule has 0 saturated carbocycles. The van der Waals surface area contributed by atoms with Crippen LogP contribution < -0.4 is 10.9 Å². The van der Waals surface area contributed by atoms with Crippen molar-refractivity contribution in [3.8, 4) is 0 Å². The van der Waals surface area contributed by atoms with Gasteiger partial charge in [0.1, 0.15) is 0 Å². The summed E-state index contributed by atoms with van der Waals surface area (Å²) in [5.41, 5.74) is 2.00. The molecule has 1 amide bonds. The number of piperidine rings is 1. The van der Waals surface area contributed by atoms with Crippen LogP contribution in [0, 0.1) is 19.8 Å². The molecule has 0 atom stereocenters. The molecule has 0 aromatic carbocycles. The summed E-state index contributed by atoms with van der Waals surface area (Å²) >= 11 is 0. The van der Waals surface area contributed by atoms with E-state index in [9.17, 15) is 18.0 Å². The number of nitrogens with one attached hydrogen (secondary N) is 2. The molecule has 0 radical (unpaired) electrons. The number of amides is 1. The largest absolute Gasteiger partial charge is 0.352 e. The van der Waals surface area contributed by atoms with E-state index in [2.05, 4.69) is 10.3 Å². The standard InChI is InChI=1S/C15H23N3O4S/c1-10-8-11(2)17-15(20)13(10)9-16-14(19)12-4-6-18(7-5-12)23(3,21)22/h8,12H,4-7,9H2,1-3H3,(H,16,19)(H,17,20). The van der Waals surface area contributed by atoms with Crippen molar-refractivity contribution in [2.45, 2.75) is 33.2 Å². The molecule has 2 rings (SSSR count). The van der Waals surface area contributed by atoms with Gasteiger partial charge in [-0.3, -0.25) is 9.59 Å². The van der Waals surface area contributed by atoms with E-state index in [1.165, 1.54) is 10.6 Å². The predicted octanol–water partition coefficient (Wildman–Crippen LogP) is 0.280. The first-order valence-electron chi connectivity index (χ1n) is 7.60. The molecule has 1 aliphatic rings. The number of pyridine rings is 1. The van der Waals surface area contributed by atoms with Crippen LogP contribution in [0.5, 0.6) is 0 Å². The van der Waals surface area contributed by atoms with Gasteiger partial charge >= 0.3 is 0 Å². The Hall–Kier alpha value is -1.67. The van der Waals surface area contributed by atoms with E-state index in [1.807, 2.05) is 19.9 Å². The molecule has 0 spiro atoms. The lowest BCUT2D eigenvalue weighted by atomic mass is 9.97. The molecule has 1 saturated heterocycles. The maximum absolute atomic E-state index is 12.2. The van der Waals surface area contributed by atoms with Crippen molar-refractivity contribution in [2.75, 3.05) is 19.3 Å². The van der Waals surface area contributed by atoms with Crippen LogP contribution in [-0.4, -0.2) is 43.0 Å². The van der Waals surface area contributed by atoms with Crippen LogP contribution >= 0.6 is 0 Å². The molecule has 1 aromatic rings. The average molecular weight is 341 g/mol. The molecule has 128 valence electrons. The molecule has 8 heteroatoms. The number of hydrogen-bond acceptors (Lipinski definition) is 4. The lowest BCUT2D eigenvalue weighted by molar-refractivity contribution is -0.126. The SMILES string of the molecule is Cc1cc(C)c(CNC(=O)C2CCN(S(C)(=O)=O)CC2)c(=O)[nH]1. The molecular weight excluding hydrogens is 318 g/mol. The summed E-state index contributed by atoms with van der Waals surface area (Å²) in [6.45, 7) is 4.56. The highest BCUT2D eigenvalue weighted by molar-refractivity contribution is 7.88. The van der Waals surface area contributed by atoms with E-state index in [1.54, 1.807) is 0 Å². The van der Waals surface area contributed by atoms with Crippen molar-refractivity contribution >= 4 is 15.9 Å². The summed E-state index contributed by atoms with van der Waals surface area (Å²) in [6, 6.07) is 1.87. The van der Waals surface area contributed by atoms with Crippen LogP contribution in [0.2, 0.25) is 0 Å². The number of rotatable bonds is 4. The fourth-order valence-electron chi connectivity index (χ4n) is 2.87. The zero-order chi connectivity index (χ0) is 17.2. The summed E-state index contributed by atoms with van der Waals surface area (Å²) in [6.07, 6.45) is 2.18. The van der Waals surface area contributed by atoms with Crippen LogP contribution in [0.1, 0.15) is 29.7 Å². The number of hydrogen-bond donors (Lipinski definition) is 2. The van der Waals surface area contributed by atoms with Gasteiger partial charge in [0, 0.05) is 36.8 Å². The molecule has 0 unspecified atom stereocenters. The highest BCUT2D eigenvalue weighted by Gasteiger charge is 2.28. The molecule has 0 aliphatic carbocycles. The minimum atomic E-state index is -3.19.